The fraction of sp³-hybridized carbons (Fsp3) is 0.929. The van der Waals surface area contributed by atoms with Gasteiger partial charge in [-0.05, 0) is 59.0 Å². The van der Waals surface area contributed by atoms with E-state index in [1.807, 2.05) is 20.8 Å². The van der Waals surface area contributed by atoms with Crippen molar-refractivity contribution in [2.75, 3.05) is 32.7 Å². The lowest BCUT2D eigenvalue weighted by Crippen LogP contribution is -2.38. The molecule has 1 amide bonds. The van der Waals surface area contributed by atoms with Crippen molar-refractivity contribution in [3.05, 3.63) is 0 Å². The highest BCUT2D eigenvalue weighted by atomic mass is 16.6. The zero-order chi connectivity index (χ0) is 14.3. The van der Waals surface area contributed by atoms with Crippen LogP contribution in [-0.2, 0) is 4.74 Å². The van der Waals surface area contributed by atoms with Crippen molar-refractivity contribution >= 4 is 6.09 Å². The Hall–Kier alpha value is -0.810. The van der Waals surface area contributed by atoms with Crippen molar-refractivity contribution in [2.24, 2.45) is 11.7 Å². The molecule has 0 aromatic heterocycles. The molecule has 0 unspecified atom stereocenters. The molecule has 3 N–H and O–H groups in total. The van der Waals surface area contributed by atoms with Gasteiger partial charge in [-0.15, -0.1) is 0 Å². The highest BCUT2D eigenvalue weighted by Crippen LogP contribution is 2.19. The number of amides is 1. The summed E-state index contributed by atoms with van der Waals surface area (Å²) in [5.41, 5.74) is 5.14. The first-order valence-corrected chi connectivity index (χ1v) is 7.30. The lowest BCUT2D eigenvalue weighted by Gasteiger charge is -2.31. The third-order valence-electron chi connectivity index (χ3n) is 3.37. The van der Waals surface area contributed by atoms with E-state index in [1.165, 1.54) is 12.8 Å². The molecule has 19 heavy (non-hydrogen) atoms. The molecule has 1 aliphatic rings. The van der Waals surface area contributed by atoms with Gasteiger partial charge in [0.25, 0.3) is 0 Å². The third kappa shape index (κ3) is 7.38. The average molecular weight is 271 g/mol. The highest BCUT2D eigenvalue weighted by molar-refractivity contribution is 5.67. The minimum Gasteiger partial charge on any atom is -0.444 e. The van der Waals surface area contributed by atoms with Crippen molar-refractivity contribution in [3.63, 3.8) is 0 Å². The van der Waals surface area contributed by atoms with Crippen molar-refractivity contribution in [1.82, 2.24) is 10.2 Å². The topological polar surface area (TPSA) is 67.6 Å². The molecule has 1 fully saturated rings. The quantitative estimate of drug-likeness (QED) is 0.796. The van der Waals surface area contributed by atoms with Gasteiger partial charge < -0.3 is 20.7 Å². The minimum absolute atomic E-state index is 0.312. The van der Waals surface area contributed by atoms with E-state index in [0.717, 1.165) is 32.6 Å². The Bertz CT molecular complexity index is 268. The van der Waals surface area contributed by atoms with Crippen molar-refractivity contribution in [2.45, 2.75) is 45.6 Å². The van der Waals surface area contributed by atoms with E-state index in [1.54, 1.807) is 0 Å². The lowest BCUT2D eigenvalue weighted by atomic mass is 9.93. The van der Waals surface area contributed by atoms with Crippen LogP contribution in [0.4, 0.5) is 4.79 Å². The van der Waals surface area contributed by atoms with E-state index in [-0.39, 0.29) is 6.09 Å². The van der Waals surface area contributed by atoms with Gasteiger partial charge in [0.1, 0.15) is 5.60 Å². The van der Waals surface area contributed by atoms with Crippen LogP contribution in [0.3, 0.4) is 0 Å². The summed E-state index contributed by atoms with van der Waals surface area (Å²) in [7, 11) is 0. The average Bonchev–Trinajstić information content (AvgIpc) is 2.29. The molecule has 0 spiro atoms. The Labute approximate surface area is 116 Å². The Morgan fingerprint density at radius 3 is 2.53 bits per heavy atom. The van der Waals surface area contributed by atoms with Gasteiger partial charge in [0.15, 0.2) is 0 Å². The van der Waals surface area contributed by atoms with E-state index in [2.05, 4.69) is 10.2 Å². The Kier molecular flexibility index (Phi) is 6.58. The number of ether oxygens (including phenoxy) is 1. The minimum atomic E-state index is -0.419. The number of carbonyl (C=O) groups excluding carboxylic acids is 1. The molecule has 5 heteroatoms. The number of hydrogen-bond acceptors (Lipinski definition) is 4. The van der Waals surface area contributed by atoms with Gasteiger partial charge in [-0.1, -0.05) is 0 Å². The van der Waals surface area contributed by atoms with E-state index >= 15 is 0 Å². The number of alkyl carbamates (subject to hydrolysis) is 1. The highest BCUT2D eigenvalue weighted by Gasteiger charge is 2.19. The van der Waals surface area contributed by atoms with Crippen LogP contribution >= 0.6 is 0 Å². The number of carbonyl (C=O) groups is 1. The summed E-state index contributed by atoms with van der Waals surface area (Å²) >= 11 is 0. The molecule has 0 saturated carbocycles. The number of nitrogens with zero attached hydrogens (tertiary/aromatic N) is 1. The van der Waals surface area contributed by atoms with Gasteiger partial charge in [-0.25, -0.2) is 4.79 Å². The Balaban J connectivity index is 2.09. The molecule has 0 aromatic rings. The number of hydrogen-bond donors (Lipinski definition) is 2. The van der Waals surface area contributed by atoms with Crippen LogP contribution in [0, 0.1) is 5.92 Å². The maximum Gasteiger partial charge on any atom is 0.407 e. The van der Waals surface area contributed by atoms with Crippen LogP contribution in [0.25, 0.3) is 0 Å². The van der Waals surface area contributed by atoms with Crippen LogP contribution in [0.1, 0.15) is 40.0 Å². The number of rotatable bonds is 5. The van der Waals surface area contributed by atoms with Crippen LogP contribution in [0.2, 0.25) is 0 Å². The maximum atomic E-state index is 11.5. The molecule has 0 aliphatic carbocycles. The Morgan fingerprint density at radius 1 is 1.37 bits per heavy atom. The zero-order valence-electron chi connectivity index (χ0n) is 12.6. The van der Waals surface area contributed by atoms with Gasteiger partial charge in [-0.3, -0.25) is 0 Å². The summed E-state index contributed by atoms with van der Waals surface area (Å²) in [6.07, 6.45) is 3.13. The zero-order valence-corrected chi connectivity index (χ0v) is 12.6. The molecule has 1 aliphatic heterocycles. The van der Waals surface area contributed by atoms with E-state index in [4.69, 9.17) is 10.5 Å². The Morgan fingerprint density at radius 2 is 2.00 bits per heavy atom. The fourth-order valence-corrected chi connectivity index (χ4v) is 2.37. The predicted molar refractivity (Wildman–Crippen MR) is 77.1 cm³/mol. The predicted octanol–water partition coefficient (Wildman–Crippen LogP) is 1.57. The van der Waals surface area contributed by atoms with Crippen LogP contribution in [0.5, 0.6) is 0 Å². The number of likely N-dealkylation sites (tertiary alicyclic amines) is 1. The number of nitrogens with one attached hydrogen (secondary N) is 1. The molecular weight excluding hydrogens is 242 g/mol. The molecule has 5 nitrogen and oxygen atoms in total. The maximum absolute atomic E-state index is 11.5. The lowest BCUT2D eigenvalue weighted by molar-refractivity contribution is 0.0522. The second kappa shape index (κ2) is 7.70. The molecule has 112 valence electrons. The molecule has 0 bridgehead atoms. The first-order chi connectivity index (χ1) is 8.90. The normalized spacial score (nSPS) is 18.3. The first kappa shape index (κ1) is 16.2. The summed E-state index contributed by atoms with van der Waals surface area (Å²) < 4.78 is 5.20. The molecule has 0 atom stereocenters. The number of piperidine rings is 1. The summed E-state index contributed by atoms with van der Waals surface area (Å²) in [5, 5.41) is 2.83. The largest absolute Gasteiger partial charge is 0.444 e. The molecule has 0 aromatic carbocycles. The van der Waals surface area contributed by atoms with Crippen LogP contribution in [-0.4, -0.2) is 49.3 Å². The van der Waals surface area contributed by atoms with Gasteiger partial charge in [0.05, 0.1) is 0 Å². The van der Waals surface area contributed by atoms with Gasteiger partial charge >= 0.3 is 6.09 Å². The summed E-state index contributed by atoms with van der Waals surface area (Å²) in [6.45, 7) is 10.3. The monoisotopic (exact) mass is 271 g/mol. The van der Waals surface area contributed by atoms with E-state index in [0.29, 0.717) is 12.5 Å². The fourth-order valence-electron chi connectivity index (χ4n) is 2.37. The molecule has 1 saturated heterocycles. The molecule has 0 radical (unpaired) electrons. The third-order valence-corrected chi connectivity index (χ3v) is 3.37. The standard InChI is InChI=1S/C14H29N3O2/c1-14(2,3)19-13(18)16-8-4-12-5-9-17(10-6-12)11-7-15/h12H,4-11,15H2,1-3H3,(H,16,18). The van der Waals surface area contributed by atoms with Crippen molar-refractivity contribution < 1.29 is 9.53 Å². The van der Waals surface area contributed by atoms with Crippen LogP contribution < -0.4 is 11.1 Å². The van der Waals surface area contributed by atoms with Crippen LogP contribution in [0.15, 0.2) is 0 Å². The van der Waals surface area contributed by atoms with E-state index in [9.17, 15) is 4.79 Å². The molecular formula is C14H29N3O2. The van der Waals surface area contributed by atoms with Crippen molar-refractivity contribution in [1.29, 1.82) is 0 Å². The van der Waals surface area contributed by atoms with Gasteiger partial charge in [0, 0.05) is 19.6 Å². The SMILES string of the molecule is CC(C)(C)OC(=O)NCCC1CCN(CCN)CC1. The van der Waals surface area contributed by atoms with E-state index < -0.39 is 5.60 Å². The first-order valence-electron chi connectivity index (χ1n) is 7.30. The second-order valence-electron chi connectivity index (χ2n) is 6.29. The van der Waals surface area contributed by atoms with Crippen molar-refractivity contribution in [3.8, 4) is 0 Å². The second-order valence-corrected chi connectivity index (χ2v) is 6.29. The number of nitrogens with two attached hydrogens (primary N) is 1. The van der Waals surface area contributed by atoms with Gasteiger partial charge in [-0.2, -0.15) is 0 Å². The smallest absolute Gasteiger partial charge is 0.407 e. The van der Waals surface area contributed by atoms with Gasteiger partial charge in [0.2, 0.25) is 0 Å². The molecule has 1 heterocycles. The summed E-state index contributed by atoms with van der Waals surface area (Å²) in [5.74, 6) is 0.712. The summed E-state index contributed by atoms with van der Waals surface area (Å²) in [6, 6.07) is 0. The molecule has 1 rings (SSSR count). The summed E-state index contributed by atoms with van der Waals surface area (Å²) in [4.78, 5) is 13.9.